The van der Waals surface area contributed by atoms with E-state index in [1.807, 2.05) is 27.7 Å². The summed E-state index contributed by atoms with van der Waals surface area (Å²) in [5.74, 6) is 4.61. The summed E-state index contributed by atoms with van der Waals surface area (Å²) in [5.41, 5.74) is 1.55. The smallest absolute Gasteiger partial charge is 0.0272 e. The van der Waals surface area contributed by atoms with E-state index in [0.29, 0.717) is 0 Å². The predicted octanol–water partition coefficient (Wildman–Crippen LogP) is 5.91. The molecule has 0 saturated heterocycles. The van der Waals surface area contributed by atoms with Crippen LogP contribution in [0.1, 0.15) is 80.1 Å². The maximum Gasteiger partial charge on any atom is -0.0272 e. The molecule has 0 radical (unpaired) electrons. The van der Waals surface area contributed by atoms with Crippen LogP contribution in [0, 0.1) is 34.5 Å². The third-order valence-electron chi connectivity index (χ3n) is 6.60. The Morgan fingerprint density at radius 3 is 1.44 bits per heavy atom. The molecule has 0 aromatic carbocycles. The molecule has 0 aliphatic heterocycles. The summed E-state index contributed by atoms with van der Waals surface area (Å²) in [4.78, 5) is 0. The molecule has 18 heavy (non-hydrogen) atoms. The summed E-state index contributed by atoms with van der Waals surface area (Å²) < 4.78 is 0. The molecule has 0 aromatic rings. The lowest BCUT2D eigenvalue weighted by Gasteiger charge is -2.45. The Bertz CT molecular complexity index is 266. The zero-order chi connectivity index (χ0) is 13.6. The Labute approximate surface area is 115 Å². The fraction of sp³-hybridized carbons (Fsp3) is 1.00. The topological polar surface area (TPSA) is 0 Å². The molecule has 0 heteroatoms. The van der Waals surface area contributed by atoms with Crippen molar-refractivity contribution in [2.75, 3.05) is 0 Å². The van der Waals surface area contributed by atoms with E-state index in [1.54, 1.807) is 38.5 Å². The van der Waals surface area contributed by atoms with Gasteiger partial charge >= 0.3 is 0 Å². The van der Waals surface area contributed by atoms with Gasteiger partial charge < -0.3 is 0 Å². The van der Waals surface area contributed by atoms with Crippen LogP contribution in [0.4, 0.5) is 0 Å². The van der Waals surface area contributed by atoms with Gasteiger partial charge in [0, 0.05) is 0 Å². The molecule has 4 saturated carbocycles. The van der Waals surface area contributed by atoms with E-state index < -0.39 is 0 Å². The maximum atomic E-state index is 2.61. The highest BCUT2D eigenvalue weighted by molar-refractivity contribution is 5.17. The van der Waals surface area contributed by atoms with E-state index in [2.05, 4.69) is 13.8 Å². The summed E-state index contributed by atoms with van der Waals surface area (Å²) in [6, 6.07) is 0. The summed E-state index contributed by atoms with van der Waals surface area (Å²) in [5, 5.41) is 0. The predicted molar refractivity (Wildman–Crippen MR) is 80.6 cm³/mol. The molecule has 0 heterocycles. The van der Waals surface area contributed by atoms with E-state index in [-0.39, 0.29) is 0 Å². The van der Waals surface area contributed by atoms with Crippen molar-refractivity contribution in [1.29, 1.82) is 0 Å². The van der Waals surface area contributed by atoms with Crippen LogP contribution in [-0.2, 0) is 0 Å². The molecule has 0 amide bonds. The van der Waals surface area contributed by atoms with E-state index in [9.17, 15) is 0 Å². The molecule has 0 N–H and O–H groups in total. The monoisotopic (exact) mass is 250 g/mol. The third kappa shape index (κ3) is 1.70. The minimum absolute atomic E-state index is 0.777. The van der Waals surface area contributed by atoms with E-state index in [0.717, 1.165) is 28.6 Å². The summed E-state index contributed by atoms with van der Waals surface area (Å²) in [6.07, 6.45) is 9.44. The van der Waals surface area contributed by atoms with Crippen LogP contribution >= 0.6 is 0 Å². The molecule has 4 aliphatic carbocycles. The lowest BCUT2D eigenvalue weighted by molar-refractivity contribution is 0.0375. The van der Waals surface area contributed by atoms with Gasteiger partial charge in [-0.1, -0.05) is 41.5 Å². The number of rotatable bonds is 0. The van der Waals surface area contributed by atoms with Crippen LogP contribution in [0.25, 0.3) is 0 Å². The van der Waals surface area contributed by atoms with Crippen molar-refractivity contribution < 1.29 is 0 Å². The zero-order valence-corrected chi connectivity index (χ0v) is 13.6. The Hall–Kier alpha value is 0. The number of hydrogen-bond acceptors (Lipinski definition) is 0. The molecular weight excluding hydrogens is 216 g/mol. The third-order valence-corrected chi connectivity index (χ3v) is 6.60. The average Bonchev–Trinajstić information content (AvgIpc) is 3.09. The highest BCUT2D eigenvalue weighted by Gasteiger charge is 2.68. The first-order valence-corrected chi connectivity index (χ1v) is 8.62. The largest absolute Gasteiger partial charge is 0.0683 e. The lowest BCUT2D eigenvalue weighted by Crippen LogP contribution is -2.38. The van der Waals surface area contributed by atoms with Gasteiger partial charge in [0.2, 0.25) is 0 Å². The van der Waals surface area contributed by atoms with Gasteiger partial charge in [0.05, 0.1) is 0 Å². The zero-order valence-electron chi connectivity index (χ0n) is 13.6. The first kappa shape index (κ1) is 14.4. The van der Waals surface area contributed by atoms with Crippen molar-refractivity contribution in [3.8, 4) is 0 Å². The van der Waals surface area contributed by atoms with Crippen molar-refractivity contribution in [2.45, 2.75) is 80.1 Å². The second kappa shape index (κ2) is 4.84. The van der Waals surface area contributed by atoms with Crippen LogP contribution in [0.3, 0.4) is 0 Å². The average molecular weight is 250 g/mol. The van der Waals surface area contributed by atoms with Crippen molar-refractivity contribution in [3.05, 3.63) is 0 Å². The first-order valence-electron chi connectivity index (χ1n) is 8.62. The van der Waals surface area contributed by atoms with Gasteiger partial charge in [-0.15, -0.1) is 0 Å². The van der Waals surface area contributed by atoms with Gasteiger partial charge in [-0.2, -0.15) is 0 Å². The molecule has 0 aromatic heterocycles. The fourth-order valence-electron chi connectivity index (χ4n) is 6.56. The van der Waals surface area contributed by atoms with Gasteiger partial charge in [0.1, 0.15) is 0 Å². The highest BCUT2D eigenvalue weighted by atomic mass is 14.7. The van der Waals surface area contributed by atoms with Crippen molar-refractivity contribution in [1.82, 2.24) is 0 Å². The van der Waals surface area contributed by atoms with Crippen molar-refractivity contribution >= 4 is 0 Å². The Balaban J connectivity index is 0.000000277. The quantitative estimate of drug-likeness (QED) is 0.469. The van der Waals surface area contributed by atoms with Crippen LogP contribution in [-0.4, -0.2) is 0 Å². The SMILES string of the molecule is CC.CC.CC12CCC(C1)C1C3CCC(C)(C3)C12. The molecule has 0 nitrogen and oxygen atoms in total. The van der Waals surface area contributed by atoms with Gasteiger partial charge in [-0.05, 0) is 73.0 Å². The van der Waals surface area contributed by atoms with Crippen LogP contribution in [0.2, 0.25) is 0 Å². The van der Waals surface area contributed by atoms with Crippen LogP contribution in [0.5, 0.6) is 0 Å². The molecule has 4 rings (SSSR count). The molecular formula is C18H34. The Morgan fingerprint density at radius 1 is 0.722 bits per heavy atom. The second-order valence-electron chi connectivity index (χ2n) is 7.37. The minimum atomic E-state index is 0.777. The summed E-state index contributed by atoms with van der Waals surface area (Å²) >= 11 is 0. The second-order valence-corrected chi connectivity index (χ2v) is 7.37. The van der Waals surface area contributed by atoms with Gasteiger partial charge in [-0.25, -0.2) is 0 Å². The van der Waals surface area contributed by atoms with E-state index in [1.165, 1.54) is 5.92 Å². The molecule has 4 bridgehead atoms. The van der Waals surface area contributed by atoms with Crippen molar-refractivity contribution in [2.24, 2.45) is 34.5 Å². The van der Waals surface area contributed by atoms with Gasteiger partial charge in [0.15, 0.2) is 0 Å². The normalized spacial score (nSPS) is 54.3. The molecule has 4 atom stereocenters. The number of fused-ring (bicyclic) bond motifs is 9. The summed E-state index contributed by atoms with van der Waals surface area (Å²) in [6.45, 7) is 13.2. The minimum Gasteiger partial charge on any atom is -0.0683 e. The standard InChI is InChI=1S/C14H22.2C2H6/c1-13-5-3-9(7-13)11-10-4-6-14(2,8-10)12(11)13;2*1-2/h9-12H,3-8H2,1-2H3;2*1-2H3. The lowest BCUT2D eigenvalue weighted by atomic mass is 9.60. The molecule has 4 aliphatic rings. The van der Waals surface area contributed by atoms with Crippen LogP contribution < -0.4 is 0 Å². The molecule has 4 unspecified atom stereocenters. The number of hydrogen-bond donors (Lipinski definition) is 0. The Kier molecular flexibility index (Phi) is 3.87. The maximum absolute atomic E-state index is 2.61. The van der Waals surface area contributed by atoms with E-state index >= 15 is 0 Å². The van der Waals surface area contributed by atoms with Gasteiger partial charge in [-0.3, -0.25) is 0 Å². The first-order chi connectivity index (χ1) is 8.62. The molecule has 106 valence electrons. The highest BCUT2D eigenvalue weighted by Crippen LogP contribution is 2.76. The Morgan fingerprint density at radius 2 is 1.11 bits per heavy atom. The van der Waals surface area contributed by atoms with Crippen LogP contribution in [0.15, 0.2) is 0 Å². The molecule has 0 spiro atoms. The van der Waals surface area contributed by atoms with E-state index in [4.69, 9.17) is 0 Å². The summed E-state index contributed by atoms with van der Waals surface area (Å²) in [7, 11) is 0. The van der Waals surface area contributed by atoms with Crippen molar-refractivity contribution in [3.63, 3.8) is 0 Å². The fourth-order valence-corrected chi connectivity index (χ4v) is 6.56. The van der Waals surface area contributed by atoms with Gasteiger partial charge in [0.25, 0.3) is 0 Å². The molecule has 4 fully saturated rings.